The van der Waals surface area contributed by atoms with Crippen LogP contribution < -0.4 is 0 Å². The average Bonchev–Trinajstić information content (AvgIpc) is 2.80. The molecular formula is C12H20O6S2. The normalized spacial score (nSPS) is 28.6. The monoisotopic (exact) mass is 324 g/mol. The summed E-state index contributed by atoms with van der Waals surface area (Å²) in [4.78, 5) is -0.364. The quantitative estimate of drug-likeness (QED) is 0.735. The molecule has 2 heterocycles. The second-order valence-electron chi connectivity index (χ2n) is 5.14. The summed E-state index contributed by atoms with van der Waals surface area (Å²) >= 11 is 0. The number of rotatable bonds is 4. The fraction of sp³-hybridized carbons (Fsp3) is 0.833. The van der Waals surface area contributed by atoms with Gasteiger partial charge < -0.3 is 0 Å². The Bertz CT molecular complexity index is 590. The standard InChI is InChI=1S/C12H20O6S2/c1-5-11(6-2)9-10(20(15,16)17-11)12(7-3,8-4)18-19(9,13)14/h5-8H2,1-4H3. The maximum absolute atomic E-state index is 12.4. The molecule has 0 aliphatic carbocycles. The van der Waals surface area contributed by atoms with Crippen LogP contribution in [0.15, 0.2) is 9.81 Å². The molecule has 6 nitrogen and oxygen atoms in total. The molecular weight excluding hydrogens is 304 g/mol. The zero-order chi connectivity index (χ0) is 15.4. The van der Waals surface area contributed by atoms with Crippen molar-refractivity contribution in [2.75, 3.05) is 0 Å². The first kappa shape index (κ1) is 15.9. The van der Waals surface area contributed by atoms with Gasteiger partial charge in [0.2, 0.25) is 0 Å². The Morgan fingerprint density at radius 3 is 1.15 bits per heavy atom. The minimum atomic E-state index is -4.08. The first-order valence-corrected chi connectivity index (χ1v) is 9.63. The van der Waals surface area contributed by atoms with Crippen molar-refractivity contribution in [3.05, 3.63) is 9.81 Å². The van der Waals surface area contributed by atoms with Crippen molar-refractivity contribution in [2.45, 2.75) is 64.6 Å². The smallest absolute Gasteiger partial charge is 0.254 e. The third-order valence-corrected chi connectivity index (χ3v) is 7.72. The average molecular weight is 324 g/mol. The van der Waals surface area contributed by atoms with Crippen molar-refractivity contribution in [2.24, 2.45) is 0 Å². The Balaban J connectivity index is 2.88. The van der Waals surface area contributed by atoms with E-state index in [9.17, 15) is 16.8 Å². The highest BCUT2D eigenvalue weighted by Gasteiger charge is 2.65. The predicted octanol–water partition coefficient (Wildman–Crippen LogP) is 2.04. The van der Waals surface area contributed by atoms with Gasteiger partial charge >= 0.3 is 0 Å². The van der Waals surface area contributed by atoms with Crippen molar-refractivity contribution < 1.29 is 25.2 Å². The fourth-order valence-corrected chi connectivity index (χ4v) is 7.81. The van der Waals surface area contributed by atoms with Crippen LogP contribution in [-0.2, 0) is 28.6 Å². The molecule has 116 valence electrons. The van der Waals surface area contributed by atoms with Crippen molar-refractivity contribution in [3.63, 3.8) is 0 Å². The van der Waals surface area contributed by atoms with Gasteiger partial charge in [-0.1, -0.05) is 27.7 Å². The van der Waals surface area contributed by atoms with Crippen molar-refractivity contribution in [1.82, 2.24) is 0 Å². The van der Waals surface area contributed by atoms with E-state index in [1.165, 1.54) is 0 Å². The molecule has 0 atom stereocenters. The van der Waals surface area contributed by atoms with Gasteiger partial charge in [-0.15, -0.1) is 0 Å². The predicted molar refractivity (Wildman–Crippen MR) is 73.7 cm³/mol. The van der Waals surface area contributed by atoms with Crippen LogP contribution in [0.25, 0.3) is 0 Å². The van der Waals surface area contributed by atoms with Crippen molar-refractivity contribution in [1.29, 1.82) is 0 Å². The zero-order valence-corrected chi connectivity index (χ0v) is 13.7. The van der Waals surface area contributed by atoms with Gasteiger partial charge in [0.1, 0.15) is 21.0 Å². The molecule has 0 aromatic rings. The highest BCUT2D eigenvalue weighted by Crippen LogP contribution is 2.56. The van der Waals surface area contributed by atoms with Crippen LogP contribution in [0, 0.1) is 0 Å². The zero-order valence-electron chi connectivity index (χ0n) is 12.1. The molecule has 0 bridgehead atoms. The lowest BCUT2D eigenvalue weighted by Crippen LogP contribution is -2.37. The molecule has 2 rings (SSSR count). The van der Waals surface area contributed by atoms with E-state index in [1.807, 2.05) is 0 Å². The molecule has 0 saturated heterocycles. The molecule has 8 heteroatoms. The number of hydrogen-bond donors (Lipinski definition) is 0. The second kappa shape index (κ2) is 4.53. The van der Waals surface area contributed by atoms with Crippen LogP contribution in [0.4, 0.5) is 0 Å². The maximum Gasteiger partial charge on any atom is 0.298 e. The van der Waals surface area contributed by atoms with Crippen molar-refractivity contribution >= 4 is 20.2 Å². The van der Waals surface area contributed by atoms with Crippen LogP contribution >= 0.6 is 0 Å². The van der Waals surface area contributed by atoms with Gasteiger partial charge in [-0.05, 0) is 25.7 Å². The van der Waals surface area contributed by atoms with Crippen molar-refractivity contribution in [3.8, 4) is 0 Å². The van der Waals surface area contributed by atoms with Gasteiger partial charge in [0.05, 0.1) is 0 Å². The SMILES string of the molecule is CCC1(CC)OS(=O)(=O)C2=C1S(=O)(=O)OC2(CC)CC. The topological polar surface area (TPSA) is 86.7 Å². The summed E-state index contributed by atoms with van der Waals surface area (Å²) in [5.74, 6) is 0. The third-order valence-electron chi connectivity index (χ3n) is 4.36. The van der Waals surface area contributed by atoms with E-state index in [4.69, 9.17) is 8.37 Å². The van der Waals surface area contributed by atoms with Gasteiger partial charge in [-0.25, -0.2) is 0 Å². The molecule has 20 heavy (non-hydrogen) atoms. The summed E-state index contributed by atoms with van der Waals surface area (Å²) in [6, 6.07) is 0. The Morgan fingerprint density at radius 1 is 0.700 bits per heavy atom. The van der Waals surface area contributed by atoms with E-state index >= 15 is 0 Å². The highest BCUT2D eigenvalue weighted by molar-refractivity contribution is 7.96. The summed E-state index contributed by atoms with van der Waals surface area (Å²) < 4.78 is 60.0. The molecule has 0 aromatic carbocycles. The summed E-state index contributed by atoms with van der Waals surface area (Å²) in [7, 11) is -8.17. The Hall–Kier alpha value is -0.440. The van der Waals surface area contributed by atoms with E-state index in [0.717, 1.165) is 0 Å². The molecule has 0 N–H and O–H groups in total. The minimum absolute atomic E-state index is 0.182. The molecule has 0 fully saturated rings. The first-order chi connectivity index (χ1) is 9.14. The lowest BCUT2D eigenvalue weighted by atomic mass is 9.90. The minimum Gasteiger partial charge on any atom is -0.254 e. The van der Waals surface area contributed by atoms with E-state index in [0.29, 0.717) is 0 Å². The fourth-order valence-electron chi connectivity index (χ4n) is 3.05. The maximum atomic E-state index is 12.4. The highest BCUT2D eigenvalue weighted by atomic mass is 32.2. The lowest BCUT2D eigenvalue weighted by Gasteiger charge is -2.29. The van der Waals surface area contributed by atoms with Gasteiger partial charge in [0, 0.05) is 0 Å². The summed E-state index contributed by atoms with van der Waals surface area (Å²) in [6.07, 6.45) is 1.03. The van der Waals surface area contributed by atoms with Crippen LogP contribution in [-0.4, -0.2) is 28.0 Å². The van der Waals surface area contributed by atoms with E-state index in [2.05, 4.69) is 0 Å². The molecule has 0 spiro atoms. The summed E-state index contributed by atoms with van der Waals surface area (Å²) in [5.41, 5.74) is -2.64. The Kier molecular flexibility index (Phi) is 3.61. The van der Waals surface area contributed by atoms with Gasteiger partial charge in [0.15, 0.2) is 0 Å². The van der Waals surface area contributed by atoms with Crippen LogP contribution in [0.5, 0.6) is 0 Å². The third kappa shape index (κ3) is 1.81. The second-order valence-corrected chi connectivity index (χ2v) is 8.10. The largest absolute Gasteiger partial charge is 0.298 e. The lowest BCUT2D eigenvalue weighted by molar-refractivity contribution is 0.107. The Labute approximate surface area is 120 Å². The van der Waals surface area contributed by atoms with Gasteiger partial charge in [-0.2, -0.15) is 16.8 Å². The Morgan fingerprint density at radius 2 is 0.950 bits per heavy atom. The van der Waals surface area contributed by atoms with E-state index in [-0.39, 0.29) is 35.5 Å². The first-order valence-electron chi connectivity index (χ1n) is 6.81. The molecule has 0 radical (unpaired) electrons. The summed E-state index contributed by atoms with van der Waals surface area (Å²) in [5, 5.41) is 0. The van der Waals surface area contributed by atoms with Crippen LogP contribution in [0.3, 0.4) is 0 Å². The van der Waals surface area contributed by atoms with E-state index < -0.39 is 31.4 Å². The summed E-state index contributed by atoms with van der Waals surface area (Å²) in [6.45, 7) is 6.84. The number of hydrogen-bond acceptors (Lipinski definition) is 6. The van der Waals surface area contributed by atoms with E-state index in [1.54, 1.807) is 27.7 Å². The molecule has 0 aromatic heterocycles. The van der Waals surface area contributed by atoms with Crippen LogP contribution in [0.1, 0.15) is 53.4 Å². The van der Waals surface area contributed by atoms with Crippen LogP contribution in [0.2, 0.25) is 0 Å². The molecule has 2 aliphatic rings. The molecule has 0 amide bonds. The van der Waals surface area contributed by atoms with Gasteiger partial charge in [-0.3, -0.25) is 8.37 Å². The van der Waals surface area contributed by atoms with Gasteiger partial charge in [0.25, 0.3) is 20.2 Å². The molecule has 0 saturated carbocycles. The molecule has 2 aliphatic heterocycles. The molecule has 0 unspecified atom stereocenters.